The monoisotopic (exact) mass is 467 g/mol. The minimum atomic E-state index is -0.441. The van der Waals surface area contributed by atoms with E-state index in [0.29, 0.717) is 26.8 Å². The molecular formula is C22H18ClN5O3S. The minimum Gasteiger partial charge on any atom is -0.326 e. The van der Waals surface area contributed by atoms with E-state index < -0.39 is 11.5 Å². The lowest BCUT2D eigenvalue weighted by Crippen LogP contribution is -2.30. The standard InChI is InChI=1S/C22H18ClN5O3S/c1-12(29)24-16-4-3-5-17(10-16)26-18(30)11-28-22(31)20-21(32-13(2)25-20)19(27-28)14-6-8-15(23)9-7-14/h3-10H,11H2,1-2H3,(H,24,29)(H,26,30). The van der Waals surface area contributed by atoms with E-state index in [1.807, 2.05) is 19.1 Å². The molecule has 10 heteroatoms. The Hall–Kier alpha value is -3.56. The van der Waals surface area contributed by atoms with Gasteiger partial charge in [-0.1, -0.05) is 29.8 Å². The van der Waals surface area contributed by atoms with E-state index in [-0.39, 0.29) is 18.0 Å². The summed E-state index contributed by atoms with van der Waals surface area (Å²) in [5.74, 6) is -0.654. The number of hydrogen-bond donors (Lipinski definition) is 2. The molecule has 0 aliphatic carbocycles. The van der Waals surface area contributed by atoms with Crippen LogP contribution in [0.4, 0.5) is 11.4 Å². The van der Waals surface area contributed by atoms with Gasteiger partial charge in [0, 0.05) is 28.9 Å². The van der Waals surface area contributed by atoms with Gasteiger partial charge in [0.2, 0.25) is 11.8 Å². The summed E-state index contributed by atoms with van der Waals surface area (Å²) in [6.45, 7) is 2.92. The number of amides is 2. The van der Waals surface area contributed by atoms with E-state index >= 15 is 0 Å². The topological polar surface area (TPSA) is 106 Å². The van der Waals surface area contributed by atoms with Crippen LogP contribution in [0.1, 0.15) is 11.9 Å². The van der Waals surface area contributed by atoms with Crippen LogP contribution in [0.15, 0.2) is 53.3 Å². The van der Waals surface area contributed by atoms with Crippen molar-refractivity contribution in [2.24, 2.45) is 0 Å². The SMILES string of the molecule is CC(=O)Nc1cccc(NC(=O)Cn2nc(-c3ccc(Cl)cc3)c3sc(C)nc3c2=O)c1. The molecular weight excluding hydrogens is 450 g/mol. The number of rotatable bonds is 5. The third-order valence-electron chi connectivity index (χ3n) is 4.48. The van der Waals surface area contributed by atoms with Crippen LogP contribution in [-0.4, -0.2) is 26.6 Å². The molecule has 0 unspecified atom stereocenters. The van der Waals surface area contributed by atoms with E-state index in [1.54, 1.807) is 36.4 Å². The van der Waals surface area contributed by atoms with Crippen LogP contribution in [-0.2, 0) is 16.1 Å². The molecule has 0 atom stereocenters. The van der Waals surface area contributed by atoms with Gasteiger partial charge in [-0.15, -0.1) is 11.3 Å². The predicted molar refractivity (Wildman–Crippen MR) is 126 cm³/mol. The van der Waals surface area contributed by atoms with Crippen LogP contribution in [0.3, 0.4) is 0 Å². The lowest BCUT2D eigenvalue weighted by molar-refractivity contribution is -0.117. The first-order valence-electron chi connectivity index (χ1n) is 9.62. The summed E-state index contributed by atoms with van der Waals surface area (Å²) in [6, 6.07) is 13.8. The predicted octanol–water partition coefficient (Wildman–Crippen LogP) is 4.08. The number of aryl methyl sites for hydroxylation is 1. The number of hydrogen-bond acceptors (Lipinski definition) is 6. The molecule has 0 bridgehead atoms. The van der Waals surface area contributed by atoms with Crippen LogP contribution < -0.4 is 16.2 Å². The number of anilines is 2. The summed E-state index contributed by atoms with van der Waals surface area (Å²) in [4.78, 5) is 41.2. The van der Waals surface area contributed by atoms with E-state index in [4.69, 9.17) is 11.6 Å². The highest BCUT2D eigenvalue weighted by molar-refractivity contribution is 7.19. The van der Waals surface area contributed by atoms with Gasteiger partial charge in [-0.05, 0) is 37.3 Å². The molecule has 0 saturated carbocycles. The molecule has 32 heavy (non-hydrogen) atoms. The molecule has 4 aromatic rings. The molecule has 0 aliphatic heterocycles. The van der Waals surface area contributed by atoms with E-state index in [1.165, 1.54) is 18.3 Å². The fourth-order valence-corrected chi connectivity index (χ4v) is 4.23. The van der Waals surface area contributed by atoms with Crippen molar-refractivity contribution < 1.29 is 9.59 Å². The third-order valence-corrected chi connectivity index (χ3v) is 5.71. The zero-order chi connectivity index (χ0) is 22.8. The second-order valence-corrected chi connectivity index (χ2v) is 8.68. The Balaban J connectivity index is 1.66. The largest absolute Gasteiger partial charge is 0.326 e. The highest BCUT2D eigenvalue weighted by atomic mass is 35.5. The van der Waals surface area contributed by atoms with Crippen LogP contribution in [0.5, 0.6) is 0 Å². The number of fused-ring (bicyclic) bond motifs is 1. The Morgan fingerprint density at radius 2 is 1.78 bits per heavy atom. The van der Waals surface area contributed by atoms with Crippen molar-refractivity contribution in [1.29, 1.82) is 0 Å². The minimum absolute atomic E-state index is 0.217. The molecule has 0 radical (unpaired) electrons. The molecule has 2 aromatic heterocycles. The summed E-state index contributed by atoms with van der Waals surface area (Å²) < 4.78 is 1.77. The second-order valence-electron chi connectivity index (χ2n) is 7.04. The van der Waals surface area contributed by atoms with Crippen molar-refractivity contribution >= 4 is 56.3 Å². The normalized spacial score (nSPS) is 10.8. The van der Waals surface area contributed by atoms with E-state index in [0.717, 1.165) is 15.3 Å². The molecule has 0 fully saturated rings. The molecule has 162 valence electrons. The average molecular weight is 468 g/mol. The first-order chi connectivity index (χ1) is 15.3. The van der Waals surface area contributed by atoms with Gasteiger partial charge in [0.25, 0.3) is 5.56 Å². The maximum atomic E-state index is 12.9. The highest BCUT2D eigenvalue weighted by Gasteiger charge is 2.18. The lowest BCUT2D eigenvalue weighted by atomic mass is 10.1. The maximum Gasteiger partial charge on any atom is 0.294 e. The van der Waals surface area contributed by atoms with Crippen molar-refractivity contribution in [1.82, 2.24) is 14.8 Å². The number of thiazole rings is 1. The van der Waals surface area contributed by atoms with Gasteiger partial charge in [0.1, 0.15) is 12.2 Å². The molecule has 4 rings (SSSR count). The highest BCUT2D eigenvalue weighted by Crippen LogP contribution is 2.30. The molecule has 2 heterocycles. The molecule has 2 aromatic carbocycles. The smallest absolute Gasteiger partial charge is 0.294 e. The quantitative estimate of drug-likeness (QED) is 0.460. The summed E-state index contributed by atoms with van der Waals surface area (Å²) in [5, 5.41) is 11.2. The number of carbonyl (C=O) groups excluding carboxylic acids is 2. The lowest BCUT2D eigenvalue weighted by Gasteiger charge is -2.10. The van der Waals surface area contributed by atoms with Crippen LogP contribution >= 0.6 is 22.9 Å². The van der Waals surface area contributed by atoms with Crippen molar-refractivity contribution in [3.8, 4) is 11.3 Å². The van der Waals surface area contributed by atoms with Gasteiger partial charge in [-0.25, -0.2) is 9.67 Å². The van der Waals surface area contributed by atoms with Gasteiger partial charge in [0.15, 0.2) is 5.52 Å². The van der Waals surface area contributed by atoms with Crippen LogP contribution in [0.25, 0.3) is 21.5 Å². The van der Waals surface area contributed by atoms with Crippen molar-refractivity contribution in [3.63, 3.8) is 0 Å². The number of benzene rings is 2. The maximum absolute atomic E-state index is 12.9. The Labute approximate surface area is 191 Å². The van der Waals surface area contributed by atoms with Gasteiger partial charge in [0.05, 0.1) is 9.71 Å². The Kier molecular flexibility index (Phi) is 6.02. The summed E-state index contributed by atoms with van der Waals surface area (Å²) in [6.07, 6.45) is 0. The van der Waals surface area contributed by atoms with Gasteiger partial charge in [-0.3, -0.25) is 14.4 Å². The van der Waals surface area contributed by atoms with Crippen LogP contribution in [0, 0.1) is 6.92 Å². The zero-order valence-electron chi connectivity index (χ0n) is 17.2. The fourth-order valence-electron chi connectivity index (χ4n) is 3.18. The molecule has 0 saturated heterocycles. The molecule has 0 aliphatic rings. The molecule has 2 amide bonds. The van der Waals surface area contributed by atoms with Crippen LogP contribution in [0.2, 0.25) is 5.02 Å². The van der Waals surface area contributed by atoms with Gasteiger partial charge in [-0.2, -0.15) is 5.10 Å². The third kappa shape index (κ3) is 4.68. The average Bonchev–Trinajstić information content (AvgIpc) is 3.12. The number of aromatic nitrogens is 3. The summed E-state index contributed by atoms with van der Waals surface area (Å²) in [5.41, 5.74) is 2.19. The number of nitrogens with zero attached hydrogens (tertiary/aromatic N) is 3. The molecule has 2 N–H and O–H groups in total. The fraction of sp³-hybridized carbons (Fsp3) is 0.136. The number of halogens is 1. The molecule has 0 spiro atoms. The first-order valence-corrected chi connectivity index (χ1v) is 10.8. The Morgan fingerprint density at radius 1 is 1.09 bits per heavy atom. The number of carbonyl (C=O) groups is 2. The van der Waals surface area contributed by atoms with Gasteiger partial charge < -0.3 is 10.6 Å². The second kappa shape index (κ2) is 8.89. The zero-order valence-corrected chi connectivity index (χ0v) is 18.8. The van der Waals surface area contributed by atoms with Crippen molar-refractivity contribution in [2.45, 2.75) is 20.4 Å². The van der Waals surface area contributed by atoms with Gasteiger partial charge >= 0.3 is 0 Å². The Bertz CT molecular complexity index is 1400. The van der Waals surface area contributed by atoms with Crippen molar-refractivity contribution in [3.05, 3.63) is 68.9 Å². The summed E-state index contributed by atoms with van der Waals surface area (Å²) >= 11 is 7.37. The number of nitrogens with one attached hydrogen (secondary N) is 2. The Morgan fingerprint density at radius 3 is 2.47 bits per heavy atom. The van der Waals surface area contributed by atoms with E-state index in [2.05, 4.69) is 20.7 Å². The van der Waals surface area contributed by atoms with E-state index in [9.17, 15) is 14.4 Å². The molecule has 8 nitrogen and oxygen atoms in total. The summed E-state index contributed by atoms with van der Waals surface area (Å²) in [7, 11) is 0. The van der Waals surface area contributed by atoms with Crippen molar-refractivity contribution in [2.75, 3.05) is 10.6 Å². The first kappa shape index (κ1) is 21.7.